The number of hydrogen-bond acceptors (Lipinski definition) is 9. The van der Waals surface area contributed by atoms with Gasteiger partial charge in [-0.1, -0.05) is 13.8 Å². The second-order valence-electron chi connectivity index (χ2n) is 12.8. The number of anilines is 3. The molecule has 0 amide bonds. The number of aliphatic hydroxyl groups is 1. The van der Waals surface area contributed by atoms with Crippen LogP contribution in [0.4, 0.5) is 17.3 Å². The van der Waals surface area contributed by atoms with E-state index in [4.69, 9.17) is 4.74 Å². The fourth-order valence-corrected chi connectivity index (χ4v) is 6.64. The lowest BCUT2D eigenvalue weighted by molar-refractivity contribution is 0.0984. The van der Waals surface area contributed by atoms with Crippen molar-refractivity contribution in [1.82, 2.24) is 28.7 Å². The molecule has 2 aliphatic rings. The average Bonchev–Trinajstić information content (AvgIpc) is 3.52. The van der Waals surface area contributed by atoms with Gasteiger partial charge in [-0.25, -0.2) is 4.98 Å². The van der Waals surface area contributed by atoms with Crippen molar-refractivity contribution in [2.75, 3.05) is 30.0 Å². The molecule has 0 unspecified atom stereocenters. The highest BCUT2D eigenvalue weighted by Gasteiger charge is 2.32. The number of aliphatic hydroxyl groups excluding tert-OH is 1. The Kier molecular flexibility index (Phi) is 7.05. The van der Waals surface area contributed by atoms with E-state index in [1.54, 1.807) is 43.8 Å². The number of aromatic nitrogens is 6. The van der Waals surface area contributed by atoms with Crippen LogP contribution in [0.2, 0.25) is 0 Å². The summed E-state index contributed by atoms with van der Waals surface area (Å²) >= 11 is 0. The molecule has 2 N–H and O–H groups in total. The number of nitrogens with one attached hydrogen (secondary N) is 1. The predicted molar refractivity (Wildman–Crippen MR) is 172 cm³/mol. The maximum atomic E-state index is 13.8. The van der Waals surface area contributed by atoms with E-state index in [1.165, 1.54) is 20.4 Å². The van der Waals surface area contributed by atoms with Crippen LogP contribution in [-0.4, -0.2) is 59.6 Å². The van der Waals surface area contributed by atoms with Crippen LogP contribution >= 0.6 is 0 Å². The van der Waals surface area contributed by atoms with Gasteiger partial charge >= 0.3 is 0 Å². The maximum Gasteiger partial charge on any atom is 0.280 e. The summed E-state index contributed by atoms with van der Waals surface area (Å²) in [7, 11) is 1.66. The summed E-state index contributed by atoms with van der Waals surface area (Å²) in [5.74, 6) is 1.51. The van der Waals surface area contributed by atoms with Crippen molar-refractivity contribution in [3.05, 3.63) is 92.6 Å². The molecule has 5 aromatic heterocycles. The molecular formula is C33H36N8O4. The smallest absolute Gasteiger partial charge is 0.280 e. The van der Waals surface area contributed by atoms with Gasteiger partial charge in [-0.3, -0.25) is 14.2 Å². The first kappa shape index (κ1) is 28.9. The lowest BCUT2D eigenvalue weighted by Crippen LogP contribution is -2.44. The molecule has 5 aromatic rings. The summed E-state index contributed by atoms with van der Waals surface area (Å²) in [6, 6.07) is 9.32. The minimum Gasteiger partial charge on any atom is -0.392 e. The molecule has 1 atom stereocenters. The van der Waals surface area contributed by atoms with E-state index in [0.29, 0.717) is 52.7 Å². The zero-order valence-electron chi connectivity index (χ0n) is 25.8. The molecule has 6 heterocycles. The molecule has 0 radical (unpaired) electrons. The molecule has 7 rings (SSSR count). The van der Waals surface area contributed by atoms with Crippen LogP contribution in [0.15, 0.2) is 64.7 Å². The first-order valence-electron chi connectivity index (χ1n) is 15.1. The minimum atomic E-state index is -0.361. The average molecular weight is 609 g/mol. The Morgan fingerprint density at radius 1 is 1.09 bits per heavy atom. The molecular weight excluding hydrogens is 572 g/mol. The zero-order valence-corrected chi connectivity index (χ0v) is 25.8. The fraction of sp³-hybridized carbons (Fsp3) is 0.364. The Balaban J connectivity index is 1.24. The summed E-state index contributed by atoms with van der Waals surface area (Å²) in [6.45, 7) is 8.19. The van der Waals surface area contributed by atoms with Gasteiger partial charge in [0.05, 0.1) is 25.9 Å². The first-order chi connectivity index (χ1) is 21.6. The van der Waals surface area contributed by atoms with Gasteiger partial charge in [-0.05, 0) is 66.6 Å². The number of nitrogens with zero attached hydrogens (tertiary/aromatic N) is 7. The van der Waals surface area contributed by atoms with Gasteiger partial charge in [0.25, 0.3) is 11.1 Å². The highest BCUT2D eigenvalue weighted by Crippen LogP contribution is 2.37. The second kappa shape index (κ2) is 11.0. The Morgan fingerprint density at radius 2 is 1.93 bits per heavy atom. The molecule has 0 aromatic carbocycles. The van der Waals surface area contributed by atoms with Gasteiger partial charge in [0.15, 0.2) is 11.6 Å². The van der Waals surface area contributed by atoms with Crippen LogP contribution in [0.3, 0.4) is 0 Å². The number of pyridine rings is 2. The van der Waals surface area contributed by atoms with E-state index in [1.807, 2.05) is 22.7 Å². The van der Waals surface area contributed by atoms with Crippen molar-refractivity contribution >= 4 is 22.8 Å². The number of aryl methyl sites for hydroxylation is 1. The van der Waals surface area contributed by atoms with Crippen LogP contribution in [-0.2, 0) is 31.2 Å². The van der Waals surface area contributed by atoms with E-state index in [9.17, 15) is 14.7 Å². The number of rotatable bonds is 6. The van der Waals surface area contributed by atoms with Crippen LogP contribution in [0, 0.1) is 5.41 Å². The van der Waals surface area contributed by atoms with E-state index in [-0.39, 0.29) is 29.2 Å². The Hall–Kier alpha value is -4.81. The highest BCUT2D eigenvalue weighted by molar-refractivity contribution is 5.73. The number of hydrogen-bond donors (Lipinski definition) is 2. The number of ether oxygens (including phenoxy) is 1. The molecule has 1 saturated heterocycles. The summed E-state index contributed by atoms with van der Waals surface area (Å²) < 4.78 is 10.5. The van der Waals surface area contributed by atoms with Gasteiger partial charge in [0, 0.05) is 55.2 Å². The van der Waals surface area contributed by atoms with Crippen LogP contribution in [0.1, 0.15) is 37.6 Å². The highest BCUT2D eigenvalue weighted by atomic mass is 16.5. The Bertz CT molecular complexity index is 2040. The van der Waals surface area contributed by atoms with Crippen molar-refractivity contribution in [3.8, 4) is 16.9 Å². The van der Waals surface area contributed by atoms with Crippen molar-refractivity contribution in [2.24, 2.45) is 12.5 Å². The molecule has 0 spiro atoms. The van der Waals surface area contributed by atoms with E-state index in [0.717, 1.165) is 25.2 Å². The van der Waals surface area contributed by atoms with Crippen LogP contribution in [0.25, 0.3) is 22.5 Å². The lowest BCUT2D eigenvalue weighted by Gasteiger charge is -2.33. The monoisotopic (exact) mass is 608 g/mol. The molecule has 1 aliphatic carbocycles. The Morgan fingerprint density at radius 3 is 2.69 bits per heavy atom. The molecule has 1 fully saturated rings. The third-order valence-electron chi connectivity index (χ3n) is 8.84. The Labute approximate surface area is 259 Å². The molecule has 1 aliphatic heterocycles. The zero-order chi connectivity index (χ0) is 31.5. The predicted octanol–water partition coefficient (Wildman–Crippen LogP) is 3.23. The largest absolute Gasteiger partial charge is 0.392 e. The summed E-state index contributed by atoms with van der Waals surface area (Å²) in [5, 5.41) is 22.4. The second-order valence-corrected chi connectivity index (χ2v) is 12.8. The van der Waals surface area contributed by atoms with Gasteiger partial charge in [0.2, 0.25) is 0 Å². The molecule has 12 heteroatoms. The lowest BCUT2D eigenvalue weighted by atomic mass is 9.90. The maximum absolute atomic E-state index is 13.8. The topological polar surface area (TPSA) is 132 Å². The fourth-order valence-electron chi connectivity index (χ4n) is 6.64. The van der Waals surface area contributed by atoms with Crippen LogP contribution < -0.4 is 21.3 Å². The third kappa shape index (κ3) is 5.09. The summed E-state index contributed by atoms with van der Waals surface area (Å²) in [6.07, 6.45) is 8.74. The van der Waals surface area contributed by atoms with Gasteiger partial charge in [-0.15, -0.1) is 10.2 Å². The van der Waals surface area contributed by atoms with Gasteiger partial charge < -0.3 is 29.0 Å². The quantitative estimate of drug-likeness (QED) is 0.298. The minimum absolute atomic E-state index is 0.168. The van der Waals surface area contributed by atoms with Crippen molar-refractivity contribution in [3.63, 3.8) is 0 Å². The summed E-state index contributed by atoms with van der Waals surface area (Å²) in [5.41, 5.74) is 4.73. The molecule has 0 bridgehead atoms. The van der Waals surface area contributed by atoms with Gasteiger partial charge in [-0.2, -0.15) is 0 Å². The van der Waals surface area contributed by atoms with Crippen molar-refractivity contribution in [2.45, 2.75) is 46.3 Å². The van der Waals surface area contributed by atoms with Crippen molar-refractivity contribution < 1.29 is 9.84 Å². The van der Waals surface area contributed by atoms with E-state index in [2.05, 4.69) is 46.2 Å². The molecule has 0 saturated carbocycles. The van der Waals surface area contributed by atoms with Crippen LogP contribution in [0.5, 0.6) is 0 Å². The number of morpholine rings is 1. The van der Waals surface area contributed by atoms with Crippen molar-refractivity contribution in [1.29, 1.82) is 0 Å². The first-order valence-corrected chi connectivity index (χ1v) is 15.1. The number of fused-ring (bicyclic) bond motifs is 3. The standard InChI is InChI=1S/C33H36N8O4/c1-20-19-45-12-11-39(20)29-6-5-28(36-37-29)35-25-13-22(17-38(4)31(25)43)23-7-8-34-30(24(23)18-42)41-10-9-40-26(32(41)44)14-21-15-33(2,3)16-27(21)40/h5-10,13-14,17,20,42H,11-12,15-16,18-19H2,1-4H3,(H,35,36)/t20-/m0/s1. The molecule has 232 valence electrons. The molecule has 45 heavy (non-hydrogen) atoms. The van der Waals surface area contributed by atoms with Gasteiger partial charge in [0.1, 0.15) is 17.0 Å². The third-order valence-corrected chi connectivity index (χ3v) is 8.84. The van der Waals surface area contributed by atoms with E-state index < -0.39 is 0 Å². The normalized spacial score (nSPS) is 17.5. The summed E-state index contributed by atoms with van der Waals surface area (Å²) in [4.78, 5) is 33.6. The van der Waals surface area contributed by atoms with E-state index >= 15 is 0 Å². The SMILES string of the molecule is C[C@H]1COCCN1c1ccc(Nc2cc(-c3ccnc(-n4ccn5c6c(cc5c4=O)CC(C)(C)C6)c3CO)cn(C)c2=O)nn1. The molecule has 12 nitrogen and oxygen atoms in total.